The minimum atomic E-state index is 0.0907. The summed E-state index contributed by atoms with van der Waals surface area (Å²) in [6.07, 6.45) is 6.51. The number of hydrogen-bond acceptors (Lipinski definition) is 4. The van der Waals surface area contributed by atoms with Crippen LogP contribution >= 0.6 is 0 Å². The summed E-state index contributed by atoms with van der Waals surface area (Å²) in [5, 5.41) is 3.37. The second-order valence-electron chi connectivity index (χ2n) is 5.41. The van der Waals surface area contributed by atoms with E-state index in [1.807, 2.05) is 35.2 Å². The highest BCUT2D eigenvalue weighted by Crippen LogP contribution is 2.22. The highest BCUT2D eigenvalue weighted by molar-refractivity contribution is 5.77. The topological polar surface area (TPSA) is 58.1 Å². The van der Waals surface area contributed by atoms with E-state index in [2.05, 4.69) is 15.3 Å². The molecule has 1 amide bonds. The van der Waals surface area contributed by atoms with Crippen LogP contribution in [0.3, 0.4) is 0 Å². The van der Waals surface area contributed by atoms with Gasteiger partial charge in [-0.25, -0.2) is 0 Å². The molecule has 1 unspecified atom stereocenters. The zero-order valence-corrected chi connectivity index (χ0v) is 12.5. The maximum atomic E-state index is 12.6. The van der Waals surface area contributed by atoms with Gasteiger partial charge < -0.3 is 10.2 Å². The molecule has 0 saturated carbocycles. The van der Waals surface area contributed by atoms with Gasteiger partial charge in [-0.2, -0.15) is 0 Å². The molecule has 1 aliphatic heterocycles. The zero-order valence-electron chi connectivity index (χ0n) is 12.5. The average molecular weight is 296 g/mol. The van der Waals surface area contributed by atoms with Gasteiger partial charge in [-0.05, 0) is 36.2 Å². The van der Waals surface area contributed by atoms with E-state index in [-0.39, 0.29) is 11.9 Å². The van der Waals surface area contributed by atoms with Gasteiger partial charge in [0.15, 0.2) is 0 Å². The molecule has 1 aliphatic rings. The predicted octanol–water partition coefficient (Wildman–Crippen LogP) is 1.58. The fraction of sp³-hybridized carbons (Fsp3) is 0.353. The van der Waals surface area contributed by atoms with Crippen LogP contribution in [-0.4, -0.2) is 40.4 Å². The van der Waals surface area contributed by atoms with Crippen molar-refractivity contribution in [2.45, 2.75) is 18.9 Å². The first-order valence-corrected chi connectivity index (χ1v) is 7.64. The molecule has 0 aliphatic carbocycles. The van der Waals surface area contributed by atoms with Crippen molar-refractivity contribution in [3.63, 3.8) is 0 Å². The number of carbonyl (C=O) groups is 1. The summed E-state index contributed by atoms with van der Waals surface area (Å²) in [6.45, 7) is 2.38. The molecule has 0 spiro atoms. The smallest absolute Gasteiger partial charge is 0.223 e. The van der Waals surface area contributed by atoms with Crippen LogP contribution in [0.1, 0.15) is 23.7 Å². The molecule has 22 heavy (non-hydrogen) atoms. The zero-order chi connectivity index (χ0) is 15.2. The first-order chi connectivity index (χ1) is 10.8. The lowest BCUT2D eigenvalue weighted by atomic mass is 10.0. The number of carbonyl (C=O) groups excluding carboxylic acids is 1. The first-order valence-electron chi connectivity index (χ1n) is 7.64. The summed E-state index contributed by atoms with van der Waals surface area (Å²) in [4.78, 5) is 22.9. The number of amides is 1. The summed E-state index contributed by atoms with van der Waals surface area (Å²) in [7, 11) is 0. The van der Waals surface area contributed by atoms with Crippen molar-refractivity contribution in [1.29, 1.82) is 0 Å². The van der Waals surface area contributed by atoms with Gasteiger partial charge in [0.1, 0.15) is 0 Å². The van der Waals surface area contributed by atoms with Crippen molar-refractivity contribution in [2.24, 2.45) is 0 Å². The Labute approximate surface area is 130 Å². The van der Waals surface area contributed by atoms with E-state index in [1.54, 1.807) is 18.6 Å². The number of aryl methyl sites for hydroxylation is 1. The van der Waals surface area contributed by atoms with Gasteiger partial charge in [0, 0.05) is 50.3 Å². The monoisotopic (exact) mass is 296 g/mol. The van der Waals surface area contributed by atoms with Crippen molar-refractivity contribution in [2.75, 3.05) is 19.6 Å². The predicted molar refractivity (Wildman–Crippen MR) is 84.1 cm³/mol. The average Bonchev–Trinajstić information content (AvgIpc) is 2.61. The van der Waals surface area contributed by atoms with Crippen LogP contribution in [0.4, 0.5) is 0 Å². The standard InChI is InChI=1S/C17H20N4O/c22-17(5-4-15-3-1-2-8-20-15)21-12-11-19-13-16(21)14-6-9-18-10-7-14/h1-3,6-10,16,19H,4-5,11-13H2. The summed E-state index contributed by atoms with van der Waals surface area (Å²) >= 11 is 0. The highest BCUT2D eigenvalue weighted by atomic mass is 16.2. The molecule has 5 heteroatoms. The minimum Gasteiger partial charge on any atom is -0.333 e. The lowest BCUT2D eigenvalue weighted by Crippen LogP contribution is -2.48. The Morgan fingerprint density at radius 3 is 2.86 bits per heavy atom. The maximum Gasteiger partial charge on any atom is 0.223 e. The van der Waals surface area contributed by atoms with Gasteiger partial charge in [0.2, 0.25) is 5.91 Å². The van der Waals surface area contributed by atoms with Crippen molar-refractivity contribution in [3.8, 4) is 0 Å². The summed E-state index contributed by atoms with van der Waals surface area (Å²) in [6, 6.07) is 9.87. The summed E-state index contributed by atoms with van der Waals surface area (Å²) in [5.41, 5.74) is 2.10. The number of piperazine rings is 1. The lowest BCUT2D eigenvalue weighted by Gasteiger charge is -2.36. The molecule has 0 radical (unpaired) electrons. The second kappa shape index (κ2) is 7.13. The molecule has 1 N–H and O–H groups in total. The molecular weight excluding hydrogens is 276 g/mol. The van der Waals surface area contributed by atoms with Crippen LogP contribution in [0.2, 0.25) is 0 Å². The van der Waals surface area contributed by atoms with Crippen molar-refractivity contribution in [3.05, 3.63) is 60.2 Å². The lowest BCUT2D eigenvalue weighted by molar-refractivity contribution is -0.134. The maximum absolute atomic E-state index is 12.6. The Morgan fingerprint density at radius 2 is 2.09 bits per heavy atom. The molecule has 3 heterocycles. The van der Waals surface area contributed by atoms with Crippen LogP contribution < -0.4 is 5.32 Å². The SMILES string of the molecule is O=C(CCc1ccccn1)N1CCNCC1c1ccncc1. The first kappa shape index (κ1) is 14.7. The Hall–Kier alpha value is -2.27. The number of hydrogen-bond donors (Lipinski definition) is 1. The third kappa shape index (κ3) is 3.49. The largest absolute Gasteiger partial charge is 0.333 e. The van der Waals surface area contributed by atoms with E-state index in [0.29, 0.717) is 12.8 Å². The van der Waals surface area contributed by atoms with Crippen molar-refractivity contribution >= 4 is 5.91 Å². The van der Waals surface area contributed by atoms with Gasteiger partial charge in [0.05, 0.1) is 6.04 Å². The van der Waals surface area contributed by atoms with Crippen molar-refractivity contribution in [1.82, 2.24) is 20.2 Å². The van der Waals surface area contributed by atoms with Gasteiger partial charge in [0.25, 0.3) is 0 Å². The van der Waals surface area contributed by atoms with Gasteiger partial charge >= 0.3 is 0 Å². The number of aromatic nitrogens is 2. The Bertz CT molecular complexity index is 603. The van der Waals surface area contributed by atoms with Crippen molar-refractivity contribution < 1.29 is 4.79 Å². The quantitative estimate of drug-likeness (QED) is 0.930. The summed E-state index contributed by atoms with van der Waals surface area (Å²) < 4.78 is 0. The van der Waals surface area contributed by atoms with Gasteiger partial charge in [-0.15, -0.1) is 0 Å². The molecule has 1 saturated heterocycles. The Balaban J connectivity index is 1.66. The third-order valence-electron chi connectivity index (χ3n) is 3.98. The molecule has 2 aromatic rings. The fourth-order valence-corrected chi connectivity index (χ4v) is 2.81. The summed E-state index contributed by atoms with van der Waals surface area (Å²) in [5.74, 6) is 0.189. The Kier molecular flexibility index (Phi) is 4.75. The molecule has 1 atom stereocenters. The van der Waals surface area contributed by atoms with Crippen LogP contribution in [0.25, 0.3) is 0 Å². The Morgan fingerprint density at radius 1 is 1.23 bits per heavy atom. The highest BCUT2D eigenvalue weighted by Gasteiger charge is 2.27. The molecule has 0 bridgehead atoms. The van der Waals surface area contributed by atoms with Crippen LogP contribution in [-0.2, 0) is 11.2 Å². The molecule has 1 fully saturated rings. The van der Waals surface area contributed by atoms with E-state index in [4.69, 9.17) is 0 Å². The normalized spacial score (nSPS) is 18.2. The molecule has 5 nitrogen and oxygen atoms in total. The molecule has 114 valence electrons. The molecule has 2 aromatic heterocycles. The number of rotatable bonds is 4. The fourth-order valence-electron chi connectivity index (χ4n) is 2.81. The molecule has 0 aromatic carbocycles. The third-order valence-corrected chi connectivity index (χ3v) is 3.98. The number of nitrogens with zero attached hydrogens (tertiary/aromatic N) is 3. The minimum absolute atomic E-state index is 0.0907. The second-order valence-corrected chi connectivity index (χ2v) is 5.41. The molecule has 3 rings (SSSR count). The molecular formula is C17H20N4O. The van der Waals surface area contributed by atoms with E-state index < -0.39 is 0 Å². The van der Waals surface area contributed by atoms with Gasteiger partial charge in [-0.1, -0.05) is 6.07 Å². The van der Waals surface area contributed by atoms with E-state index >= 15 is 0 Å². The van der Waals surface area contributed by atoms with E-state index in [1.165, 1.54) is 0 Å². The number of nitrogens with one attached hydrogen (secondary N) is 1. The van der Waals surface area contributed by atoms with E-state index in [9.17, 15) is 4.79 Å². The van der Waals surface area contributed by atoms with Crippen LogP contribution in [0.15, 0.2) is 48.9 Å². The van der Waals surface area contributed by atoms with Crippen LogP contribution in [0, 0.1) is 0 Å². The van der Waals surface area contributed by atoms with E-state index in [0.717, 1.165) is 30.9 Å². The van der Waals surface area contributed by atoms with Crippen LogP contribution in [0.5, 0.6) is 0 Å². The van der Waals surface area contributed by atoms with Gasteiger partial charge in [-0.3, -0.25) is 14.8 Å². The number of pyridine rings is 2.